The number of aliphatic hydroxyl groups excluding tert-OH is 1. The SMILES string of the molecule is CCCNC(=O)c1ccc(NCC)c(OCCO)c1. The summed E-state index contributed by atoms with van der Waals surface area (Å²) in [5, 5.41) is 14.8. The van der Waals surface area contributed by atoms with Gasteiger partial charge >= 0.3 is 0 Å². The number of aliphatic hydroxyl groups is 1. The zero-order chi connectivity index (χ0) is 14.1. The minimum Gasteiger partial charge on any atom is -0.489 e. The maximum Gasteiger partial charge on any atom is 0.251 e. The number of hydrogen-bond acceptors (Lipinski definition) is 4. The summed E-state index contributed by atoms with van der Waals surface area (Å²) in [4.78, 5) is 11.9. The van der Waals surface area contributed by atoms with Gasteiger partial charge in [0.05, 0.1) is 12.3 Å². The third-order valence-corrected chi connectivity index (χ3v) is 2.50. The first-order chi connectivity index (χ1) is 9.22. The zero-order valence-corrected chi connectivity index (χ0v) is 11.5. The highest BCUT2D eigenvalue weighted by molar-refractivity contribution is 5.95. The van der Waals surface area contributed by atoms with E-state index in [9.17, 15) is 4.79 Å². The monoisotopic (exact) mass is 266 g/mol. The van der Waals surface area contributed by atoms with Crippen molar-refractivity contribution >= 4 is 11.6 Å². The molecule has 0 radical (unpaired) electrons. The molecule has 106 valence electrons. The first-order valence-electron chi connectivity index (χ1n) is 6.62. The molecule has 0 saturated heterocycles. The lowest BCUT2D eigenvalue weighted by molar-refractivity contribution is 0.0953. The highest BCUT2D eigenvalue weighted by Crippen LogP contribution is 2.25. The molecule has 0 bridgehead atoms. The van der Waals surface area contributed by atoms with Crippen molar-refractivity contribution in [3.05, 3.63) is 23.8 Å². The van der Waals surface area contributed by atoms with E-state index in [4.69, 9.17) is 9.84 Å². The third kappa shape index (κ3) is 4.79. The maximum absolute atomic E-state index is 11.9. The molecule has 1 aromatic carbocycles. The Morgan fingerprint density at radius 3 is 2.79 bits per heavy atom. The van der Waals surface area contributed by atoms with Crippen LogP contribution >= 0.6 is 0 Å². The van der Waals surface area contributed by atoms with E-state index in [1.165, 1.54) is 0 Å². The topological polar surface area (TPSA) is 70.6 Å². The van der Waals surface area contributed by atoms with Crippen molar-refractivity contribution in [1.29, 1.82) is 0 Å². The van der Waals surface area contributed by atoms with E-state index >= 15 is 0 Å². The average molecular weight is 266 g/mol. The minimum atomic E-state index is -0.112. The Bertz CT molecular complexity index is 408. The lowest BCUT2D eigenvalue weighted by Gasteiger charge is -2.13. The molecule has 0 aliphatic carbocycles. The zero-order valence-electron chi connectivity index (χ0n) is 11.5. The van der Waals surface area contributed by atoms with Gasteiger partial charge in [0, 0.05) is 18.7 Å². The summed E-state index contributed by atoms with van der Waals surface area (Å²) in [5.74, 6) is 0.471. The fraction of sp³-hybridized carbons (Fsp3) is 0.500. The van der Waals surface area contributed by atoms with Crippen molar-refractivity contribution in [2.24, 2.45) is 0 Å². The predicted molar refractivity (Wildman–Crippen MR) is 75.8 cm³/mol. The molecule has 5 nitrogen and oxygen atoms in total. The second kappa shape index (κ2) is 8.37. The molecule has 0 aromatic heterocycles. The van der Waals surface area contributed by atoms with Crippen molar-refractivity contribution in [1.82, 2.24) is 5.32 Å². The summed E-state index contributed by atoms with van der Waals surface area (Å²) in [6.45, 7) is 5.55. The van der Waals surface area contributed by atoms with E-state index in [2.05, 4.69) is 10.6 Å². The van der Waals surface area contributed by atoms with E-state index in [1.54, 1.807) is 12.1 Å². The standard InChI is InChI=1S/C14H22N2O3/c1-3-7-16-14(18)11-5-6-12(15-4-2)13(10-11)19-9-8-17/h5-6,10,15,17H,3-4,7-9H2,1-2H3,(H,16,18). The van der Waals surface area contributed by atoms with Crippen LogP contribution in [0.4, 0.5) is 5.69 Å². The lowest BCUT2D eigenvalue weighted by Crippen LogP contribution is -2.24. The van der Waals surface area contributed by atoms with Crippen molar-refractivity contribution in [3.63, 3.8) is 0 Å². The second-order valence-electron chi connectivity index (χ2n) is 4.07. The first kappa shape index (κ1) is 15.3. The molecular formula is C14H22N2O3. The number of hydrogen-bond donors (Lipinski definition) is 3. The molecule has 0 unspecified atom stereocenters. The summed E-state index contributed by atoms with van der Waals surface area (Å²) in [5.41, 5.74) is 1.38. The summed E-state index contributed by atoms with van der Waals surface area (Å²) >= 11 is 0. The van der Waals surface area contributed by atoms with Gasteiger partial charge in [0.25, 0.3) is 5.91 Å². The number of benzene rings is 1. The number of anilines is 1. The molecule has 1 rings (SSSR count). The molecule has 0 aliphatic rings. The Kier molecular flexibility index (Phi) is 6.74. The van der Waals surface area contributed by atoms with Gasteiger partial charge in [-0.25, -0.2) is 0 Å². The van der Waals surface area contributed by atoms with Gasteiger partial charge in [-0.1, -0.05) is 6.92 Å². The van der Waals surface area contributed by atoms with Gasteiger partial charge in [0.15, 0.2) is 0 Å². The van der Waals surface area contributed by atoms with Gasteiger partial charge in [0.1, 0.15) is 12.4 Å². The third-order valence-electron chi connectivity index (χ3n) is 2.50. The fourth-order valence-corrected chi connectivity index (χ4v) is 1.62. The fourth-order valence-electron chi connectivity index (χ4n) is 1.62. The number of rotatable bonds is 8. The molecule has 19 heavy (non-hydrogen) atoms. The van der Waals surface area contributed by atoms with Gasteiger partial charge in [-0.3, -0.25) is 4.79 Å². The Labute approximate surface area is 114 Å². The van der Waals surface area contributed by atoms with E-state index in [0.29, 0.717) is 17.9 Å². The van der Waals surface area contributed by atoms with Crippen LogP contribution < -0.4 is 15.4 Å². The number of ether oxygens (including phenoxy) is 1. The Hall–Kier alpha value is -1.75. The molecule has 0 spiro atoms. The first-order valence-corrected chi connectivity index (χ1v) is 6.62. The normalized spacial score (nSPS) is 10.1. The van der Waals surface area contributed by atoms with Gasteiger partial charge in [-0.15, -0.1) is 0 Å². The van der Waals surface area contributed by atoms with Crippen LogP contribution in [-0.4, -0.2) is 37.3 Å². The summed E-state index contributed by atoms with van der Waals surface area (Å²) < 4.78 is 5.44. The minimum absolute atomic E-state index is 0.0577. The average Bonchev–Trinajstić information content (AvgIpc) is 2.43. The van der Waals surface area contributed by atoms with Crippen LogP contribution in [-0.2, 0) is 0 Å². The molecule has 5 heteroatoms. The van der Waals surface area contributed by atoms with Crippen molar-refractivity contribution in [2.45, 2.75) is 20.3 Å². The van der Waals surface area contributed by atoms with Crippen LogP contribution in [0.15, 0.2) is 18.2 Å². The van der Waals surface area contributed by atoms with Crippen LogP contribution in [0.25, 0.3) is 0 Å². The van der Waals surface area contributed by atoms with E-state index in [1.807, 2.05) is 19.9 Å². The van der Waals surface area contributed by atoms with Gasteiger partial charge in [-0.2, -0.15) is 0 Å². The van der Waals surface area contributed by atoms with Crippen LogP contribution in [0.2, 0.25) is 0 Å². The van der Waals surface area contributed by atoms with E-state index < -0.39 is 0 Å². The summed E-state index contributed by atoms with van der Waals surface area (Å²) in [6.07, 6.45) is 0.898. The molecule has 0 atom stereocenters. The molecule has 0 fully saturated rings. The van der Waals surface area contributed by atoms with Gasteiger partial charge in [-0.05, 0) is 31.5 Å². The Morgan fingerprint density at radius 2 is 2.16 bits per heavy atom. The number of nitrogens with one attached hydrogen (secondary N) is 2. The van der Waals surface area contributed by atoms with Crippen molar-refractivity contribution < 1.29 is 14.6 Å². The largest absolute Gasteiger partial charge is 0.489 e. The molecule has 1 aromatic rings. The molecule has 0 aliphatic heterocycles. The van der Waals surface area contributed by atoms with Crippen LogP contribution in [0.5, 0.6) is 5.75 Å². The Morgan fingerprint density at radius 1 is 1.37 bits per heavy atom. The van der Waals surface area contributed by atoms with Crippen molar-refractivity contribution in [2.75, 3.05) is 31.6 Å². The molecule has 1 amide bonds. The van der Waals surface area contributed by atoms with E-state index in [0.717, 1.165) is 18.7 Å². The number of carbonyl (C=O) groups excluding carboxylic acids is 1. The summed E-state index contributed by atoms with van der Waals surface area (Å²) in [6, 6.07) is 5.27. The Balaban J connectivity index is 2.86. The number of amides is 1. The van der Waals surface area contributed by atoms with Crippen molar-refractivity contribution in [3.8, 4) is 5.75 Å². The highest BCUT2D eigenvalue weighted by Gasteiger charge is 2.10. The maximum atomic E-state index is 11.9. The predicted octanol–water partition coefficient (Wildman–Crippen LogP) is 1.63. The highest BCUT2D eigenvalue weighted by atomic mass is 16.5. The van der Waals surface area contributed by atoms with E-state index in [-0.39, 0.29) is 19.1 Å². The van der Waals surface area contributed by atoms with Crippen LogP contribution in [0, 0.1) is 0 Å². The van der Waals surface area contributed by atoms with Gasteiger partial charge < -0.3 is 20.5 Å². The van der Waals surface area contributed by atoms with Crippen LogP contribution in [0.1, 0.15) is 30.6 Å². The van der Waals surface area contributed by atoms with Gasteiger partial charge in [0.2, 0.25) is 0 Å². The molecule has 3 N–H and O–H groups in total. The lowest BCUT2D eigenvalue weighted by atomic mass is 10.1. The molecular weight excluding hydrogens is 244 g/mol. The van der Waals surface area contributed by atoms with Crippen LogP contribution in [0.3, 0.4) is 0 Å². The smallest absolute Gasteiger partial charge is 0.251 e. The second-order valence-corrected chi connectivity index (χ2v) is 4.07. The molecule has 0 saturated carbocycles. The summed E-state index contributed by atoms with van der Waals surface area (Å²) in [7, 11) is 0. The quantitative estimate of drug-likeness (QED) is 0.669. The molecule has 0 heterocycles. The number of carbonyl (C=O) groups is 1.